The van der Waals surface area contributed by atoms with Gasteiger partial charge in [0.05, 0.1) is 6.61 Å². The van der Waals surface area contributed by atoms with Crippen LogP contribution in [-0.2, 0) is 4.74 Å². The van der Waals surface area contributed by atoms with E-state index in [2.05, 4.69) is 24.1 Å². The lowest BCUT2D eigenvalue weighted by Crippen LogP contribution is -2.59. The summed E-state index contributed by atoms with van der Waals surface area (Å²) in [5.74, 6) is 0.953. The average molecular weight is 212 g/mol. The maximum Gasteiger partial charge on any atom is 0.0615 e. The molecular formula is C12H24N2O. The van der Waals surface area contributed by atoms with Crippen molar-refractivity contribution in [1.29, 1.82) is 0 Å². The van der Waals surface area contributed by atoms with Crippen LogP contribution in [0.3, 0.4) is 0 Å². The van der Waals surface area contributed by atoms with Gasteiger partial charge in [-0.2, -0.15) is 0 Å². The number of hydrogen-bond acceptors (Lipinski definition) is 3. The molecule has 1 heterocycles. The van der Waals surface area contributed by atoms with Crippen LogP contribution in [0.2, 0.25) is 0 Å². The van der Waals surface area contributed by atoms with Crippen molar-refractivity contribution in [3.05, 3.63) is 0 Å². The third-order valence-corrected chi connectivity index (χ3v) is 3.81. The van der Waals surface area contributed by atoms with Gasteiger partial charge in [0.15, 0.2) is 0 Å². The first-order valence-corrected chi connectivity index (χ1v) is 6.20. The van der Waals surface area contributed by atoms with Crippen LogP contribution in [0.15, 0.2) is 0 Å². The minimum atomic E-state index is 0.549. The number of rotatable bonds is 4. The molecule has 1 aliphatic heterocycles. The summed E-state index contributed by atoms with van der Waals surface area (Å²) >= 11 is 0. The van der Waals surface area contributed by atoms with Crippen LogP contribution in [0.5, 0.6) is 0 Å². The fourth-order valence-corrected chi connectivity index (χ4v) is 2.68. The second kappa shape index (κ2) is 4.81. The Hall–Kier alpha value is -0.120. The highest BCUT2D eigenvalue weighted by molar-refractivity contribution is 4.94. The molecule has 0 radical (unpaired) electrons. The van der Waals surface area contributed by atoms with Crippen molar-refractivity contribution in [3.8, 4) is 0 Å². The molecule has 88 valence electrons. The van der Waals surface area contributed by atoms with E-state index in [0.717, 1.165) is 25.1 Å². The first-order chi connectivity index (χ1) is 7.22. The number of nitrogens with one attached hydrogen (secondary N) is 1. The molecule has 1 aliphatic carbocycles. The van der Waals surface area contributed by atoms with Gasteiger partial charge in [-0.1, -0.05) is 0 Å². The van der Waals surface area contributed by atoms with Gasteiger partial charge < -0.3 is 10.1 Å². The molecule has 15 heavy (non-hydrogen) atoms. The second-order valence-corrected chi connectivity index (χ2v) is 5.20. The Labute approximate surface area is 93.2 Å². The van der Waals surface area contributed by atoms with E-state index in [1.165, 1.54) is 19.4 Å². The first kappa shape index (κ1) is 11.4. The molecule has 0 amide bonds. The van der Waals surface area contributed by atoms with Crippen LogP contribution in [0.4, 0.5) is 0 Å². The summed E-state index contributed by atoms with van der Waals surface area (Å²) in [5, 5.41) is 3.68. The summed E-state index contributed by atoms with van der Waals surface area (Å²) in [6.45, 7) is 7.77. The monoisotopic (exact) mass is 212 g/mol. The number of hydrogen-bond donors (Lipinski definition) is 1. The standard InChI is InChI=1S/C12H24N2O/c1-9-6-13-12(11-4-5-11)7-14(9)10(2)8-15-3/h9-13H,4-8H2,1-3H3. The van der Waals surface area contributed by atoms with Crippen LogP contribution < -0.4 is 5.32 Å². The van der Waals surface area contributed by atoms with E-state index in [9.17, 15) is 0 Å². The quantitative estimate of drug-likeness (QED) is 0.755. The Bertz CT molecular complexity index is 206. The topological polar surface area (TPSA) is 24.5 Å². The minimum absolute atomic E-state index is 0.549. The molecule has 1 saturated carbocycles. The summed E-state index contributed by atoms with van der Waals surface area (Å²) in [6.07, 6.45) is 2.86. The Morgan fingerprint density at radius 3 is 2.80 bits per heavy atom. The molecule has 3 heteroatoms. The maximum absolute atomic E-state index is 5.25. The summed E-state index contributed by atoms with van der Waals surface area (Å²) in [7, 11) is 1.79. The van der Waals surface area contributed by atoms with E-state index in [0.29, 0.717) is 12.1 Å². The van der Waals surface area contributed by atoms with Crippen LogP contribution >= 0.6 is 0 Å². The summed E-state index contributed by atoms with van der Waals surface area (Å²) in [4.78, 5) is 2.60. The fourth-order valence-electron chi connectivity index (χ4n) is 2.68. The molecule has 3 nitrogen and oxygen atoms in total. The SMILES string of the molecule is COCC(C)N1CC(C2CC2)NCC1C. The largest absolute Gasteiger partial charge is 0.383 e. The lowest BCUT2D eigenvalue weighted by Gasteiger charge is -2.42. The molecule has 1 saturated heterocycles. The Morgan fingerprint density at radius 2 is 2.20 bits per heavy atom. The van der Waals surface area contributed by atoms with Gasteiger partial charge in [0.1, 0.15) is 0 Å². The predicted molar refractivity (Wildman–Crippen MR) is 62.0 cm³/mol. The van der Waals surface area contributed by atoms with Crippen molar-refractivity contribution in [3.63, 3.8) is 0 Å². The van der Waals surface area contributed by atoms with Crippen LogP contribution in [0.1, 0.15) is 26.7 Å². The van der Waals surface area contributed by atoms with Crippen LogP contribution in [0.25, 0.3) is 0 Å². The number of nitrogens with zero attached hydrogens (tertiary/aromatic N) is 1. The molecule has 2 aliphatic rings. The molecular weight excluding hydrogens is 188 g/mol. The fraction of sp³-hybridized carbons (Fsp3) is 1.00. The lowest BCUT2D eigenvalue weighted by atomic mass is 10.0. The smallest absolute Gasteiger partial charge is 0.0615 e. The summed E-state index contributed by atoms with van der Waals surface area (Å²) in [6, 6.07) is 1.93. The van der Waals surface area contributed by atoms with E-state index < -0.39 is 0 Å². The summed E-state index contributed by atoms with van der Waals surface area (Å²) in [5.41, 5.74) is 0. The molecule has 0 aromatic heterocycles. The van der Waals surface area contributed by atoms with Gasteiger partial charge in [0.2, 0.25) is 0 Å². The van der Waals surface area contributed by atoms with Gasteiger partial charge in [-0.05, 0) is 32.6 Å². The van der Waals surface area contributed by atoms with Gasteiger partial charge in [-0.25, -0.2) is 0 Å². The van der Waals surface area contributed by atoms with Crippen molar-refractivity contribution >= 4 is 0 Å². The third-order valence-electron chi connectivity index (χ3n) is 3.81. The highest BCUT2D eigenvalue weighted by Crippen LogP contribution is 2.34. The second-order valence-electron chi connectivity index (χ2n) is 5.20. The zero-order valence-corrected chi connectivity index (χ0v) is 10.2. The van der Waals surface area contributed by atoms with Crippen LogP contribution in [-0.4, -0.2) is 49.8 Å². The molecule has 1 N–H and O–H groups in total. The van der Waals surface area contributed by atoms with Gasteiger partial charge in [-0.15, -0.1) is 0 Å². The molecule has 0 spiro atoms. The van der Waals surface area contributed by atoms with Crippen molar-refractivity contribution in [2.45, 2.75) is 44.8 Å². The first-order valence-electron chi connectivity index (χ1n) is 6.20. The predicted octanol–water partition coefficient (Wildman–Crippen LogP) is 1.09. The van der Waals surface area contributed by atoms with Gasteiger partial charge in [0.25, 0.3) is 0 Å². The highest BCUT2D eigenvalue weighted by atomic mass is 16.5. The molecule has 0 aromatic carbocycles. The van der Waals surface area contributed by atoms with Crippen molar-refractivity contribution in [1.82, 2.24) is 10.2 Å². The third kappa shape index (κ3) is 2.71. The van der Waals surface area contributed by atoms with E-state index in [1.807, 2.05) is 0 Å². The number of ether oxygens (including phenoxy) is 1. The molecule has 2 fully saturated rings. The van der Waals surface area contributed by atoms with Gasteiger partial charge in [-0.3, -0.25) is 4.90 Å². The normalized spacial score (nSPS) is 35.4. The Balaban J connectivity index is 1.88. The van der Waals surface area contributed by atoms with Crippen molar-refractivity contribution < 1.29 is 4.74 Å². The highest BCUT2D eigenvalue weighted by Gasteiger charge is 2.37. The average Bonchev–Trinajstić information content (AvgIpc) is 3.02. The van der Waals surface area contributed by atoms with E-state index in [4.69, 9.17) is 4.74 Å². The van der Waals surface area contributed by atoms with E-state index in [1.54, 1.807) is 7.11 Å². The molecule has 0 bridgehead atoms. The molecule has 3 unspecified atom stereocenters. The van der Waals surface area contributed by atoms with E-state index >= 15 is 0 Å². The number of piperazine rings is 1. The van der Waals surface area contributed by atoms with Crippen molar-refractivity contribution in [2.75, 3.05) is 26.8 Å². The Morgan fingerprint density at radius 1 is 1.47 bits per heavy atom. The molecule has 0 aromatic rings. The van der Waals surface area contributed by atoms with E-state index in [-0.39, 0.29) is 0 Å². The number of methoxy groups -OCH3 is 1. The maximum atomic E-state index is 5.25. The molecule has 2 rings (SSSR count). The zero-order chi connectivity index (χ0) is 10.8. The molecule has 3 atom stereocenters. The zero-order valence-electron chi connectivity index (χ0n) is 10.2. The summed E-state index contributed by atoms with van der Waals surface area (Å²) < 4.78 is 5.25. The Kier molecular flexibility index (Phi) is 3.65. The van der Waals surface area contributed by atoms with Gasteiger partial charge >= 0.3 is 0 Å². The lowest BCUT2D eigenvalue weighted by molar-refractivity contribution is 0.0443. The van der Waals surface area contributed by atoms with Gasteiger partial charge in [0, 0.05) is 38.3 Å². The minimum Gasteiger partial charge on any atom is -0.383 e. The van der Waals surface area contributed by atoms with Crippen molar-refractivity contribution in [2.24, 2.45) is 5.92 Å². The van der Waals surface area contributed by atoms with Crippen LogP contribution in [0, 0.1) is 5.92 Å².